The van der Waals surface area contributed by atoms with Crippen molar-refractivity contribution in [2.75, 3.05) is 6.61 Å². The van der Waals surface area contributed by atoms with Gasteiger partial charge in [0.1, 0.15) is 5.75 Å². The first-order valence-corrected chi connectivity index (χ1v) is 7.56. The highest BCUT2D eigenvalue weighted by molar-refractivity contribution is 7.19. The van der Waals surface area contributed by atoms with Crippen molar-refractivity contribution in [2.24, 2.45) is 5.73 Å². The van der Waals surface area contributed by atoms with Crippen LogP contribution in [0.2, 0.25) is 0 Å². The minimum atomic E-state index is -0.0805. The van der Waals surface area contributed by atoms with Gasteiger partial charge in [0, 0.05) is 9.58 Å². The van der Waals surface area contributed by atoms with Crippen LogP contribution in [0.4, 0.5) is 0 Å². The van der Waals surface area contributed by atoms with Crippen LogP contribution in [0.25, 0.3) is 10.1 Å². The fraction of sp³-hybridized carbons (Fsp3) is 0.176. The first-order chi connectivity index (χ1) is 9.78. The van der Waals surface area contributed by atoms with Crippen LogP contribution in [-0.2, 0) is 0 Å². The number of ether oxygens (including phenoxy) is 1. The smallest absolute Gasteiger partial charge is 0.119 e. The molecule has 0 radical (unpaired) electrons. The molecular weight excluding hydrogens is 266 g/mol. The fourth-order valence-electron chi connectivity index (χ4n) is 2.26. The summed E-state index contributed by atoms with van der Waals surface area (Å²) in [6, 6.07) is 18.5. The Kier molecular flexibility index (Phi) is 3.72. The highest BCUT2D eigenvalue weighted by atomic mass is 32.1. The van der Waals surface area contributed by atoms with E-state index in [-0.39, 0.29) is 6.04 Å². The lowest BCUT2D eigenvalue weighted by Crippen LogP contribution is -2.09. The molecule has 0 aliphatic rings. The second-order valence-corrected chi connectivity index (χ2v) is 5.78. The average Bonchev–Trinajstić information content (AvgIpc) is 2.91. The molecule has 20 heavy (non-hydrogen) atoms. The third-order valence-corrected chi connectivity index (χ3v) is 4.50. The van der Waals surface area contributed by atoms with E-state index in [1.54, 1.807) is 11.3 Å². The zero-order chi connectivity index (χ0) is 13.9. The maximum Gasteiger partial charge on any atom is 0.119 e. The average molecular weight is 283 g/mol. The predicted molar refractivity (Wildman–Crippen MR) is 85.5 cm³/mol. The van der Waals surface area contributed by atoms with E-state index in [4.69, 9.17) is 10.5 Å². The van der Waals surface area contributed by atoms with Crippen LogP contribution in [0, 0.1) is 0 Å². The third-order valence-electron chi connectivity index (χ3n) is 3.30. The zero-order valence-electron chi connectivity index (χ0n) is 11.4. The van der Waals surface area contributed by atoms with Gasteiger partial charge in [0.2, 0.25) is 0 Å². The molecule has 2 N–H and O–H groups in total. The van der Waals surface area contributed by atoms with Crippen LogP contribution < -0.4 is 10.5 Å². The first-order valence-electron chi connectivity index (χ1n) is 6.74. The lowest BCUT2D eigenvalue weighted by Gasteiger charge is -2.11. The summed E-state index contributed by atoms with van der Waals surface area (Å²) < 4.78 is 6.74. The van der Waals surface area contributed by atoms with Gasteiger partial charge in [0.05, 0.1) is 12.6 Å². The Morgan fingerprint density at radius 1 is 1.10 bits per heavy atom. The number of nitrogens with two attached hydrogens (primary N) is 1. The number of thiophene rings is 1. The molecule has 3 rings (SSSR count). The van der Waals surface area contributed by atoms with Crippen LogP contribution in [0.15, 0.2) is 54.6 Å². The van der Waals surface area contributed by atoms with Crippen molar-refractivity contribution in [2.45, 2.75) is 13.0 Å². The van der Waals surface area contributed by atoms with Gasteiger partial charge in [-0.1, -0.05) is 30.3 Å². The summed E-state index contributed by atoms with van der Waals surface area (Å²) in [5, 5.41) is 1.26. The van der Waals surface area contributed by atoms with Gasteiger partial charge in [0.25, 0.3) is 0 Å². The Morgan fingerprint density at radius 3 is 2.55 bits per heavy atom. The van der Waals surface area contributed by atoms with E-state index < -0.39 is 0 Å². The summed E-state index contributed by atoms with van der Waals surface area (Å²) in [5.41, 5.74) is 7.48. The summed E-state index contributed by atoms with van der Waals surface area (Å²) in [4.78, 5) is 1.19. The Bertz CT molecular complexity index is 669. The van der Waals surface area contributed by atoms with Gasteiger partial charge in [-0.15, -0.1) is 11.3 Å². The number of hydrogen-bond donors (Lipinski definition) is 1. The molecule has 1 heterocycles. The molecule has 0 saturated carbocycles. The van der Waals surface area contributed by atoms with Gasteiger partial charge >= 0.3 is 0 Å². The van der Waals surface area contributed by atoms with E-state index in [0.29, 0.717) is 6.61 Å². The van der Waals surface area contributed by atoms with Gasteiger partial charge in [-0.25, -0.2) is 0 Å². The summed E-state index contributed by atoms with van der Waals surface area (Å²) in [6.07, 6.45) is 0. The van der Waals surface area contributed by atoms with E-state index in [1.165, 1.54) is 15.0 Å². The maximum absolute atomic E-state index is 6.37. The van der Waals surface area contributed by atoms with Crippen molar-refractivity contribution >= 4 is 21.4 Å². The maximum atomic E-state index is 6.37. The Labute approximate surface area is 122 Å². The van der Waals surface area contributed by atoms with E-state index >= 15 is 0 Å². The highest BCUT2D eigenvalue weighted by Crippen LogP contribution is 2.32. The van der Waals surface area contributed by atoms with Crippen LogP contribution in [0.1, 0.15) is 23.4 Å². The van der Waals surface area contributed by atoms with Gasteiger partial charge < -0.3 is 10.5 Å². The Morgan fingerprint density at radius 2 is 1.85 bits per heavy atom. The lowest BCUT2D eigenvalue weighted by molar-refractivity contribution is 0.340. The summed E-state index contributed by atoms with van der Waals surface area (Å²) >= 11 is 1.76. The molecule has 0 saturated heterocycles. The molecule has 1 atom stereocenters. The van der Waals surface area contributed by atoms with Crippen LogP contribution >= 0.6 is 11.3 Å². The molecule has 3 heteroatoms. The van der Waals surface area contributed by atoms with Gasteiger partial charge in [-0.3, -0.25) is 0 Å². The largest absolute Gasteiger partial charge is 0.494 e. The van der Waals surface area contributed by atoms with Crippen LogP contribution in [0.5, 0.6) is 5.75 Å². The monoisotopic (exact) mass is 283 g/mol. The second kappa shape index (κ2) is 5.65. The van der Waals surface area contributed by atoms with Gasteiger partial charge in [0.15, 0.2) is 0 Å². The van der Waals surface area contributed by atoms with Crippen molar-refractivity contribution in [1.29, 1.82) is 0 Å². The number of rotatable bonds is 4. The Hall–Kier alpha value is -1.84. The molecule has 0 spiro atoms. The highest BCUT2D eigenvalue weighted by Gasteiger charge is 2.12. The first kappa shape index (κ1) is 13.2. The molecule has 1 unspecified atom stereocenters. The van der Waals surface area contributed by atoms with Crippen molar-refractivity contribution < 1.29 is 4.74 Å². The number of benzene rings is 2. The van der Waals surface area contributed by atoms with Crippen molar-refractivity contribution in [3.63, 3.8) is 0 Å². The minimum Gasteiger partial charge on any atom is -0.494 e. The summed E-state index contributed by atoms with van der Waals surface area (Å²) in [6.45, 7) is 2.67. The number of hydrogen-bond acceptors (Lipinski definition) is 3. The molecule has 3 aromatic rings. The van der Waals surface area contributed by atoms with Crippen molar-refractivity contribution in [3.05, 3.63) is 65.0 Å². The SMILES string of the molecule is CCOc1ccc(C(N)c2cc3ccccc3s2)cc1. The fourth-order valence-corrected chi connectivity index (χ4v) is 3.35. The zero-order valence-corrected chi connectivity index (χ0v) is 12.2. The van der Waals surface area contributed by atoms with Crippen LogP contribution in [-0.4, -0.2) is 6.61 Å². The molecule has 2 nitrogen and oxygen atoms in total. The Balaban J connectivity index is 1.89. The molecule has 2 aromatic carbocycles. The molecule has 0 bridgehead atoms. The topological polar surface area (TPSA) is 35.2 Å². The second-order valence-electron chi connectivity index (χ2n) is 4.67. The molecular formula is C17H17NOS. The van der Waals surface area contributed by atoms with Crippen LogP contribution in [0.3, 0.4) is 0 Å². The standard InChI is InChI=1S/C17H17NOS/c1-2-19-14-9-7-12(8-10-14)17(18)16-11-13-5-3-4-6-15(13)20-16/h3-11,17H,2,18H2,1H3. The van der Waals surface area contributed by atoms with Gasteiger partial charge in [-0.2, -0.15) is 0 Å². The molecule has 0 amide bonds. The molecule has 0 fully saturated rings. The number of fused-ring (bicyclic) bond motifs is 1. The summed E-state index contributed by atoms with van der Waals surface area (Å²) in [7, 11) is 0. The van der Waals surface area contributed by atoms with E-state index in [1.807, 2.05) is 31.2 Å². The van der Waals surface area contributed by atoms with Crippen molar-refractivity contribution in [1.82, 2.24) is 0 Å². The van der Waals surface area contributed by atoms with E-state index in [0.717, 1.165) is 11.3 Å². The van der Waals surface area contributed by atoms with Gasteiger partial charge in [-0.05, 0) is 42.1 Å². The van der Waals surface area contributed by atoms with E-state index in [9.17, 15) is 0 Å². The predicted octanol–water partition coefficient (Wildman–Crippen LogP) is 4.35. The molecule has 1 aromatic heterocycles. The van der Waals surface area contributed by atoms with E-state index in [2.05, 4.69) is 30.3 Å². The minimum absolute atomic E-state index is 0.0805. The molecule has 0 aliphatic carbocycles. The summed E-state index contributed by atoms with van der Waals surface area (Å²) in [5.74, 6) is 0.889. The van der Waals surface area contributed by atoms with Crippen molar-refractivity contribution in [3.8, 4) is 5.75 Å². The third kappa shape index (κ3) is 2.55. The molecule has 102 valence electrons. The lowest BCUT2D eigenvalue weighted by atomic mass is 10.1. The quantitative estimate of drug-likeness (QED) is 0.772. The normalized spacial score (nSPS) is 12.5. The molecule has 0 aliphatic heterocycles.